The maximum absolute atomic E-state index is 12.3. The number of rotatable bonds is 6. The molecule has 3 rings (SSSR count). The van der Waals surface area contributed by atoms with E-state index in [9.17, 15) is 4.79 Å². The highest BCUT2D eigenvalue weighted by Gasteiger charge is 2.16. The van der Waals surface area contributed by atoms with Gasteiger partial charge in [0.2, 0.25) is 6.79 Å². The predicted molar refractivity (Wildman–Crippen MR) is 80.1 cm³/mol. The topological polar surface area (TPSA) is 53.4 Å². The fraction of sp³-hybridized carbons (Fsp3) is 0.333. The molecule has 0 unspecified atom stereocenters. The fourth-order valence-corrected chi connectivity index (χ4v) is 3.01. The number of aromatic nitrogens is 2. The van der Waals surface area contributed by atoms with Crippen molar-refractivity contribution in [1.82, 2.24) is 9.55 Å². The molecule has 21 heavy (non-hydrogen) atoms. The highest BCUT2D eigenvalue weighted by molar-refractivity contribution is 7.99. The van der Waals surface area contributed by atoms with E-state index in [1.54, 1.807) is 24.4 Å². The second-order valence-electron chi connectivity index (χ2n) is 4.68. The van der Waals surface area contributed by atoms with Crippen molar-refractivity contribution in [2.75, 3.05) is 12.5 Å². The van der Waals surface area contributed by atoms with Crippen molar-refractivity contribution in [2.45, 2.75) is 25.0 Å². The van der Waals surface area contributed by atoms with E-state index in [-0.39, 0.29) is 12.6 Å². The minimum absolute atomic E-state index is 0.0596. The second-order valence-corrected chi connectivity index (χ2v) is 5.63. The molecule has 0 amide bonds. The third kappa shape index (κ3) is 3.05. The van der Waals surface area contributed by atoms with E-state index in [1.165, 1.54) is 11.8 Å². The van der Waals surface area contributed by atoms with Crippen LogP contribution in [0, 0.1) is 0 Å². The lowest BCUT2D eigenvalue weighted by Crippen LogP contribution is -2.04. The van der Waals surface area contributed by atoms with Gasteiger partial charge in [0.1, 0.15) is 0 Å². The first kappa shape index (κ1) is 14.0. The van der Waals surface area contributed by atoms with E-state index in [0.29, 0.717) is 22.8 Å². The number of Topliss-reactive ketones (excluding diaryl/α,β-unsaturated/α-hetero) is 1. The molecule has 0 radical (unpaired) electrons. The standard InChI is InChI=1S/C15H16N2O3S/c1-2-6-17-7-5-16-15(17)21-9-12(18)11-3-4-13-14(8-11)20-10-19-13/h3-5,7-8H,2,6,9-10H2,1H3. The fourth-order valence-electron chi connectivity index (χ4n) is 2.13. The first-order valence-corrected chi connectivity index (χ1v) is 7.83. The minimum atomic E-state index is 0.0596. The number of hydrogen-bond acceptors (Lipinski definition) is 5. The highest BCUT2D eigenvalue weighted by atomic mass is 32.2. The van der Waals surface area contributed by atoms with Gasteiger partial charge >= 0.3 is 0 Å². The normalized spacial score (nSPS) is 12.6. The number of imidazole rings is 1. The van der Waals surface area contributed by atoms with Crippen molar-refractivity contribution in [2.24, 2.45) is 0 Å². The molecule has 0 aliphatic carbocycles. The maximum Gasteiger partial charge on any atom is 0.231 e. The summed E-state index contributed by atoms with van der Waals surface area (Å²) in [6, 6.07) is 5.29. The van der Waals surface area contributed by atoms with Crippen LogP contribution >= 0.6 is 11.8 Å². The molecule has 0 spiro atoms. The van der Waals surface area contributed by atoms with E-state index >= 15 is 0 Å². The highest BCUT2D eigenvalue weighted by Crippen LogP contribution is 2.33. The quantitative estimate of drug-likeness (QED) is 0.606. The van der Waals surface area contributed by atoms with Gasteiger partial charge in [0.05, 0.1) is 5.75 Å². The molecule has 1 aliphatic heterocycles. The van der Waals surface area contributed by atoms with Crippen LogP contribution in [0.2, 0.25) is 0 Å². The molecule has 0 fully saturated rings. The van der Waals surface area contributed by atoms with Crippen LogP contribution in [0.4, 0.5) is 0 Å². The van der Waals surface area contributed by atoms with Gasteiger partial charge in [-0.15, -0.1) is 0 Å². The molecule has 5 nitrogen and oxygen atoms in total. The summed E-state index contributed by atoms with van der Waals surface area (Å²) in [6.07, 6.45) is 4.75. The molecule has 1 aromatic carbocycles. The summed E-state index contributed by atoms with van der Waals surface area (Å²) in [4.78, 5) is 16.5. The van der Waals surface area contributed by atoms with Crippen LogP contribution in [0.3, 0.4) is 0 Å². The molecule has 110 valence electrons. The van der Waals surface area contributed by atoms with E-state index in [4.69, 9.17) is 9.47 Å². The monoisotopic (exact) mass is 304 g/mol. The van der Waals surface area contributed by atoms with Crippen LogP contribution in [0.1, 0.15) is 23.7 Å². The van der Waals surface area contributed by atoms with Gasteiger partial charge in [-0.2, -0.15) is 0 Å². The Bertz CT molecular complexity index is 654. The smallest absolute Gasteiger partial charge is 0.231 e. The Kier molecular flexibility index (Phi) is 4.15. The Labute approximate surface area is 127 Å². The second kappa shape index (κ2) is 6.22. The number of nitrogens with zero attached hydrogens (tertiary/aromatic N) is 2. The molecule has 1 aromatic heterocycles. The SMILES string of the molecule is CCCn1ccnc1SCC(=O)c1ccc2c(c1)OCO2. The number of ketones is 1. The lowest BCUT2D eigenvalue weighted by atomic mass is 10.1. The average Bonchev–Trinajstić information content (AvgIpc) is 3.13. The zero-order valence-corrected chi connectivity index (χ0v) is 12.6. The number of thioether (sulfide) groups is 1. The van der Waals surface area contributed by atoms with E-state index < -0.39 is 0 Å². The molecule has 0 saturated carbocycles. The average molecular weight is 304 g/mol. The van der Waals surface area contributed by atoms with E-state index in [0.717, 1.165) is 18.1 Å². The van der Waals surface area contributed by atoms with Gasteiger partial charge in [-0.3, -0.25) is 4.79 Å². The number of aryl methyl sites for hydroxylation is 1. The van der Waals surface area contributed by atoms with Crippen LogP contribution in [0.25, 0.3) is 0 Å². The summed E-state index contributed by atoms with van der Waals surface area (Å²) in [7, 11) is 0. The number of ether oxygens (including phenoxy) is 2. The lowest BCUT2D eigenvalue weighted by Gasteiger charge is -2.05. The third-order valence-electron chi connectivity index (χ3n) is 3.17. The van der Waals surface area contributed by atoms with Crippen LogP contribution in [0.5, 0.6) is 11.5 Å². The largest absolute Gasteiger partial charge is 0.454 e. The van der Waals surface area contributed by atoms with Crippen molar-refractivity contribution in [3.63, 3.8) is 0 Å². The summed E-state index contributed by atoms with van der Waals surface area (Å²) in [5.74, 6) is 1.75. The van der Waals surface area contributed by atoms with Gasteiger partial charge in [0.15, 0.2) is 22.4 Å². The van der Waals surface area contributed by atoms with Gasteiger partial charge in [-0.05, 0) is 24.6 Å². The molecule has 0 saturated heterocycles. The number of carbonyl (C=O) groups excluding carboxylic acids is 1. The van der Waals surface area contributed by atoms with Gasteiger partial charge in [-0.25, -0.2) is 4.98 Å². The zero-order valence-electron chi connectivity index (χ0n) is 11.7. The molecule has 0 N–H and O–H groups in total. The summed E-state index contributed by atoms with van der Waals surface area (Å²) in [5, 5.41) is 0.881. The summed E-state index contributed by atoms with van der Waals surface area (Å²) >= 11 is 1.46. The predicted octanol–water partition coefficient (Wildman–Crippen LogP) is 3.00. The number of carbonyl (C=O) groups is 1. The summed E-state index contributed by atoms with van der Waals surface area (Å²) < 4.78 is 12.6. The molecule has 6 heteroatoms. The summed E-state index contributed by atoms with van der Waals surface area (Å²) in [6.45, 7) is 3.25. The van der Waals surface area contributed by atoms with Gasteiger partial charge in [-0.1, -0.05) is 18.7 Å². The zero-order chi connectivity index (χ0) is 14.7. The molecular formula is C15H16N2O3S. The summed E-state index contributed by atoms with van der Waals surface area (Å²) in [5.41, 5.74) is 0.639. The molecule has 2 aromatic rings. The van der Waals surface area contributed by atoms with Crippen molar-refractivity contribution >= 4 is 17.5 Å². The van der Waals surface area contributed by atoms with Crippen LogP contribution in [-0.4, -0.2) is 27.9 Å². The van der Waals surface area contributed by atoms with Gasteiger partial charge in [0, 0.05) is 24.5 Å². The minimum Gasteiger partial charge on any atom is -0.454 e. The number of hydrogen-bond donors (Lipinski definition) is 0. The Hall–Kier alpha value is -1.95. The van der Waals surface area contributed by atoms with Crippen LogP contribution < -0.4 is 9.47 Å². The Balaban J connectivity index is 1.65. The van der Waals surface area contributed by atoms with Crippen molar-refractivity contribution in [3.8, 4) is 11.5 Å². The maximum atomic E-state index is 12.3. The number of benzene rings is 1. The van der Waals surface area contributed by atoms with Crippen molar-refractivity contribution in [3.05, 3.63) is 36.2 Å². The molecule has 0 atom stereocenters. The lowest BCUT2D eigenvalue weighted by molar-refractivity contribution is 0.102. The molecule has 1 aliphatic rings. The molecule has 2 heterocycles. The first-order valence-electron chi connectivity index (χ1n) is 6.84. The Morgan fingerprint density at radius 3 is 3.10 bits per heavy atom. The van der Waals surface area contributed by atoms with Crippen molar-refractivity contribution < 1.29 is 14.3 Å². The van der Waals surface area contributed by atoms with Gasteiger partial charge in [0.25, 0.3) is 0 Å². The third-order valence-corrected chi connectivity index (χ3v) is 4.17. The van der Waals surface area contributed by atoms with Crippen LogP contribution in [0.15, 0.2) is 35.7 Å². The van der Waals surface area contributed by atoms with Gasteiger partial charge < -0.3 is 14.0 Å². The molecule has 0 bridgehead atoms. The molecular weight excluding hydrogens is 288 g/mol. The first-order chi connectivity index (χ1) is 10.3. The van der Waals surface area contributed by atoms with E-state index in [2.05, 4.69) is 16.5 Å². The van der Waals surface area contributed by atoms with E-state index in [1.807, 2.05) is 6.20 Å². The Morgan fingerprint density at radius 1 is 1.38 bits per heavy atom. The van der Waals surface area contributed by atoms with Crippen molar-refractivity contribution in [1.29, 1.82) is 0 Å². The van der Waals surface area contributed by atoms with Crippen LogP contribution in [-0.2, 0) is 6.54 Å². The number of fused-ring (bicyclic) bond motifs is 1. The Morgan fingerprint density at radius 2 is 2.24 bits per heavy atom.